The van der Waals surface area contributed by atoms with Gasteiger partial charge in [-0.05, 0) is 63.3 Å². The van der Waals surface area contributed by atoms with E-state index in [0.29, 0.717) is 41.2 Å². The number of hydrogen-bond acceptors (Lipinski definition) is 5. The first kappa shape index (κ1) is 23.0. The van der Waals surface area contributed by atoms with E-state index in [2.05, 4.69) is 20.9 Å². The second-order valence-electron chi connectivity index (χ2n) is 9.65. The van der Waals surface area contributed by atoms with Crippen molar-refractivity contribution < 1.29 is 18.4 Å². The third-order valence-electron chi connectivity index (χ3n) is 6.82. The third kappa shape index (κ3) is 4.50. The minimum atomic E-state index is -0.911. The highest BCUT2D eigenvalue weighted by Crippen LogP contribution is 2.37. The van der Waals surface area contributed by atoms with Crippen molar-refractivity contribution in [3.8, 4) is 0 Å². The Hall–Kier alpha value is -3.75. The van der Waals surface area contributed by atoms with E-state index in [1.807, 2.05) is 36.9 Å². The summed E-state index contributed by atoms with van der Waals surface area (Å²) in [7, 11) is 0. The number of pyridine rings is 1. The van der Waals surface area contributed by atoms with E-state index < -0.39 is 17.3 Å². The lowest BCUT2D eigenvalue weighted by atomic mass is 9.82. The van der Waals surface area contributed by atoms with Crippen LogP contribution in [0.3, 0.4) is 0 Å². The summed E-state index contributed by atoms with van der Waals surface area (Å²) < 4.78 is 26.9. The summed E-state index contributed by atoms with van der Waals surface area (Å²) in [6, 6.07) is 7.86. The number of halogens is 2. The second-order valence-corrected chi connectivity index (χ2v) is 9.65. The molecule has 2 amide bonds. The summed E-state index contributed by atoms with van der Waals surface area (Å²) in [5.41, 5.74) is 3.58. The smallest absolute Gasteiger partial charge is 0.253 e. The Labute approximate surface area is 202 Å². The molecule has 0 bridgehead atoms. The molecule has 5 rings (SSSR count). The predicted octanol–water partition coefficient (Wildman–Crippen LogP) is 4.67. The highest BCUT2D eigenvalue weighted by atomic mass is 19.1. The van der Waals surface area contributed by atoms with Crippen molar-refractivity contribution in [1.29, 1.82) is 0 Å². The number of nitrogens with zero attached hydrogens (tertiary/aromatic N) is 2. The lowest BCUT2D eigenvalue weighted by molar-refractivity contribution is -0.135. The Morgan fingerprint density at radius 1 is 1.03 bits per heavy atom. The van der Waals surface area contributed by atoms with Crippen molar-refractivity contribution in [1.82, 2.24) is 9.88 Å². The van der Waals surface area contributed by atoms with Crippen LogP contribution in [0.5, 0.6) is 0 Å². The molecule has 3 heterocycles. The van der Waals surface area contributed by atoms with E-state index >= 15 is 0 Å². The van der Waals surface area contributed by atoms with E-state index in [0.717, 1.165) is 43.6 Å². The number of likely N-dealkylation sites (tertiary alicyclic amines) is 1. The lowest BCUT2D eigenvalue weighted by Gasteiger charge is -2.30. The quantitative estimate of drug-likeness (QED) is 0.555. The molecule has 3 N–H and O–H groups in total. The highest BCUT2D eigenvalue weighted by Gasteiger charge is 2.36. The van der Waals surface area contributed by atoms with Gasteiger partial charge in [0.2, 0.25) is 17.8 Å². The number of hydrogen-bond donors (Lipinski definition) is 3. The third-order valence-corrected chi connectivity index (χ3v) is 6.82. The SMILES string of the molecule is CC(C)(C(=O)N1CCCC1)c1ccc2c(c1)NC(=O)C1=C(C=C(Nc3cc(F)nc(F)c3)CC1)N2. The van der Waals surface area contributed by atoms with Gasteiger partial charge in [0.15, 0.2) is 0 Å². The maximum Gasteiger partial charge on any atom is 0.253 e. The van der Waals surface area contributed by atoms with Crippen LogP contribution in [0.4, 0.5) is 25.8 Å². The van der Waals surface area contributed by atoms with E-state index in [1.54, 1.807) is 6.08 Å². The van der Waals surface area contributed by atoms with Crippen LogP contribution in [0.15, 0.2) is 53.4 Å². The molecule has 1 fully saturated rings. The number of aromatic nitrogens is 1. The van der Waals surface area contributed by atoms with E-state index in [1.165, 1.54) is 0 Å². The van der Waals surface area contributed by atoms with Crippen LogP contribution in [0.1, 0.15) is 45.1 Å². The number of allylic oxidation sites excluding steroid dienone is 2. The maximum atomic E-state index is 13.5. The van der Waals surface area contributed by atoms with Crippen LogP contribution in [0, 0.1) is 11.9 Å². The zero-order valence-corrected chi connectivity index (χ0v) is 19.7. The zero-order chi connectivity index (χ0) is 24.7. The minimum Gasteiger partial charge on any atom is -0.359 e. The van der Waals surface area contributed by atoms with E-state index in [9.17, 15) is 18.4 Å². The van der Waals surface area contributed by atoms with Gasteiger partial charge in [0.25, 0.3) is 5.91 Å². The number of benzene rings is 1. The molecule has 0 radical (unpaired) electrons. The van der Waals surface area contributed by atoms with E-state index in [4.69, 9.17) is 0 Å². The molecule has 1 aliphatic carbocycles. The Bertz CT molecular complexity index is 1260. The second kappa shape index (κ2) is 8.79. The van der Waals surface area contributed by atoms with Gasteiger partial charge in [-0.25, -0.2) is 0 Å². The molecule has 0 spiro atoms. The van der Waals surface area contributed by atoms with Gasteiger partial charge in [-0.2, -0.15) is 13.8 Å². The molecule has 7 nitrogen and oxygen atoms in total. The molecule has 0 saturated carbocycles. The molecule has 1 aromatic carbocycles. The largest absolute Gasteiger partial charge is 0.359 e. The molecule has 2 aromatic rings. The lowest BCUT2D eigenvalue weighted by Crippen LogP contribution is -2.42. The van der Waals surface area contributed by atoms with Gasteiger partial charge in [-0.1, -0.05) is 6.07 Å². The molecule has 2 aliphatic heterocycles. The van der Waals surface area contributed by atoms with Gasteiger partial charge >= 0.3 is 0 Å². The highest BCUT2D eigenvalue weighted by molar-refractivity contribution is 6.08. The van der Waals surface area contributed by atoms with Gasteiger partial charge < -0.3 is 20.9 Å². The number of carbonyl (C=O) groups excluding carboxylic acids is 2. The molecule has 3 aliphatic rings. The molecule has 35 heavy (non-hydrogen) atoms. The number of anilines is 3. The Balaban J connectivity index is 1.40. The molecule has 0 atom stereocenters. The maximum absolute atomic E-state index is 13.5. The first-order chi connectivity index (χ1) is 16.7. The fourth-order valence-electron chi connectivity index (χ4n) is 4.82. The van der Waals surface area contributed by atoms with Crippen LogP contribution >= 0.6 is 0 Å². The van der Waals surface area contributed by atoms with Gasteiger partial charge in [0.05, 0.1) is 16.8 Å². The number of fused-ring (bicyclic) bond motifs is 1. The van der Waals surface area contributed by atoms with Crippen molar-refractivity contribution in [3.05, 3.63) is 70.8 Å². The number of nitrogens with one attached hydrogen (secondary N) is 3. The molecule has 9 heteroatoms. The van der Waals surface area contributed by atoms with Gasteiger partial charge in [0, 0.05) is 47.9 Å². The zero-order valence-electron chi connectivity index (χ0n) is 19.7. The fraction of sp³-hybridized carbons (Fsp3) is 0.346. The molecular weight excluding hydrogens is 452 g/mol. The molecule has 182 valence electrons. The summed E-state index contributed by atoms with van der Waals surface area (Å²) in [6.07, 6.45) is 4.77. The van der Waals surface area contributed by atoms with Gasteiger partial charge in [-0.15, -0.1) is 0 Å². The molecule has 1 aromatic heterocycles. The molecule has 0 unspecified atom stereocenters. The van der Waals surface area contributed by atoms with Crippen molar-refractivity contribution in [3.63, 3.8) is 0 Å². The minimum absolute atomic E-state index is 0.0860. The van der Waals surface area contributed by atoms with Crippen molar-refractivity contribution >= 4 is 28.9 Å². The van der Waals surface area contributed by atoms with Crippen molar-refractivity contribution in [2.75, 3.05) is 29.0 Å². The normalized spacial score (nSPS) is 17.7. The van der Waals surface area contributed by atoms with Crippen LogP contribution < -0.4 is 16.0 Å². The van der Waals surface area contributed by atoms with Crippen molar-refractivity contribution in [2.24, 2.45) is 0 Å². The number of amides is 2. The number of carbonyl (C=O) groups is 2. The van der Waals surface area contributed by atoms with Gasteiger partial charge in [0.1, 0.15) is 0 Å². The van der Waals surface area contributed by atoms with Crippen LogP contribution in [-0.2, 0) is 15.0 Å². The van der Waals surface area contributed by atoms with Crippen molar-refractivity contribution in [2.45, 2.75) is 44.9 Å². The molecular formula is C26H27F2N5O2. The summed E-state index contributed by atoms with van der Waals surface area (Å²) in [4.78, 5) is 31.2. The Kier molecular flexibility index (Phi) is 5.78. The summed E-state index contributed by atoms with van der Waals surface area (Å²) >= 11 is 0. The fourth-order valence-corrected chi connectivity index (χ4v) is 4.82. The summed E-state index contributed by atoms with van der Waals surface area (Å²) in [5.74, 6) is -1.95. The first-order valence-electron chi connectivity index (χ1n) is 11.8. The Morgan fingerprint density at radius 2 is 1.74 bits per heavy atom. The number of rotatable bonds is 4. The summed E-state index contributed by atoms with van der Waals surface area (Å²) in [6.45, 7) is 5.39. The first-order valence-corrected chi connectivity index (χ1v) is 11.8. The van der Waals surface area contributed by atoms with Crippen LogP contribution in [-0.4, -0.2) is 34.8 Å². The molecule has 1 saturated heterocycles. The average molecular weight is 480 g/mol. The average Bonchev–Trinajstić information content (AvgIpc) is 3.29. The predicted molar refractivity (Wildman–Crippen MR) is 130 cm³/mol. The summed E-state index contributed by atoms with van der Waals surface area (Å²) in [5, 5.41) is 9.31. The monoisotopic (exact) mass is 479 g/mol. The topological polar surface area (TPSA) is 86.4 Å². The van der Waals surface area contributed by atoms with Crippen LogP contribution in [0.25, 0.3) is 0 Å². The van der Waals surface area contributed by atoms with Gasteiger partial charge in [-0.3, -0.25) is 9.59 Å². The van der Waals surface area contributed by atoms with E-state index in [-0.39, 0.29) is 17.5 Å². The Morgan fingerprint density at radius 3 is 2.46 bits per heavy atom. The van der Waals surface area contributed by atoms with Crippen LogP contribution in [0.2, 0.25) is 0 Å². The standard InChI is InChI=1S/C26H27F2N5O2/c1-26(2,25(35)33-9-3-4-10-33)15-5-8-19-21(11-15)31-24(34)18-7-6-16(12-20(18)30-19)29-17-13-22(27)32-23(28)14-17/h5,8,11-14,30H,3-4,6-7,9-10H2,1-2H3,(H,29,32)(H,31,34).